The van der Waals surface area contributed by atoms with Crippen molar-refractivity contribution in [2.75, 3.05) is 31.6 Å². The fourth-order valence-electron chi connectivity index (χ4n) is 7.31. The summed E-state index contributed by atoms with van der Waals surface area (Å²) in [4.78, 5) is 23.0. The molecule has 1 amide bonds. The van der Waals surface area contributed by atoms with Crippen molar-refractivity contribution in [3.05, 3.63) is 45.0 Å². The van der Waals surface area contributed by atoms with Crippen LogP contribution in [0.15, 0.2) is 24.4 Å². The lowest BCUT2D eigenvalue weighted by Gasteiger charge is -2.39. The molecule has 0 aliphatic carbocycles. The van der Waals surface area contributed by atoms with Crippen LogP contribution in [-0.4, -0.2) is 94.4 Å². The van der Waals surface area contributed by atoms with E-state index in [2.05, 4.69) is 101 Å². The number of amides is 1. The van der Waals surface area contributed by atoms with Crippen LogP contribution >= 0.6 is 22.6 Å². The molecule has 15 heteroatoms. The van der Waals surface area contributed by atoms with Crippen molar-refractivity contribution in [3.8, 4) is 11.1 Å². The van der Waals surface area contributed by atoms with Crippen LogP contribution in [0.1, 0.15) is 84.4 Å². The Morgan fingerprint density at radius 1 is 0.914 bits per heavy atom. The van der Waals surface area contributed by atoms with Gasteiger partial charge in [-0.15, -0.1) is 0 Å². The second kappa shape index (κ2) is 18.2. The Morgan fingerprint density at radius 3 is 1.98 bits per heavy atom. The Morgan fingerprint density at radius 2 is 1.48 bits per heavy atom. The van der Waals surface area contributed by atoms with Crippen LogP contribution in [-0.2, 0) is 25.2 Å². The summed E-state index contributed by atoms with van der Waals surface area (Å²) in [6, 6.07) is 7.64. The van der Waals surface area contributed by atoms with Gasteiger partial charge in [-0.1, -0.05) is 72.2 Å². The lowest BCUT2D eigenvalue weighted by molar-refractivity contribution is 0.00565. The number of hydrogen-bond acceptors (Lipinski definition) is 8. The number of aromatic nitrogens is 3. The molecule has 2 bridgehead atoms. The summed E-state index contributed by atoms with van der Waals surface area (Å²) in [5.41, 5.74) is 3.07. The fraction of sp³-hybridized carbons (Fsp3) is 0.698. The van der Waals surface area contributed by atoms with Crippen LogP contribution in [0.3, 0.4) is 0 Å². The Hall–Kier alpha value is -1.90. The molecule has 324 valence electrons. The van der Waals surface area contributed by atoms with E-state index in [9.17, 15) is 4.79 Å². The smallest absolute Gasteiger partial charge is 0.410 e. The number of piperidine rings is 1. The monoisotopic (exact) mass is 967 g/mol. The van der Waals surface area contributed by atoms with E-state index >= 15 is 4.39 Å². The maximum Gasteiger partial charge on any atom is 0.410 e. The van der Waals surface area contributed by atoms with Crippen molar-refractivity contribution in [1.82, 2.24) is 19.5 Å². The van der Waals surface area contributed by atoms with Gasteiger partial charge < -0.3 is 28.4 Å². The zero-order chi connectivity index (χ0) is 43.0. The minimum absolute atomic E-state index is 0.0254. The van der Waals surface area contributed by atoms with Gasteiger partial charge in [0.1, 0.15) is 24.9 Å². The Balaban J connectivity index is 1.56. The lowest BCUT2D eigenvalue weighted by Crippen LogP contribution is -2.48. The summed E-state index contributed by atoms with van der Waals surface area (Å²) in [6.45, 7) is 33.1. The predicted octanol–water partition coefficient (Wildman–Crippen LogP) is 11.7. The first-order valence-corrected chi connectivity index (χ1v) is 32.6. The molecule has 10 nitrogen and oxygen atoms in total. The molecule has 2 aliphatic heterocycles. The van der Waals surface area contributed by atoms with E-state index in [-0.39, 0.29) is 41.6 Å². The molecule has 0 saturated carbocycles. The van der Waals surface area contributed by atoms with Gasteiger partial charge in [-0.05, 0) is 111 Å². The van der Waals surface area contributed by atoms with E-state index in [1.54, 1.807) is 12.3 Å². The zero-order valence-electron chi connectivity index (χ0n) is 37.9. The van der Waals surface area contributed by atoms with Gasteiger partial charge in [0.25, 0.3) is 0 Å². The number of carbonyl (C=O) groups excluding carboxylic acids is 1. The van der Waals surface area contributed by atoms with Crippen molar-refractivity contribution in [1.29, 1.82) is 0 Å². The third kappa shape index (κ3) is 11.9. The Kier molecular flexibility index (Phi) is 14.8. The highest BCUT2D eigenvalue weighted by Gasteiger charge is 2.46. The van der Waals surface area contributed by atoms with Crippen LogP contribution < -0.4 is 4.90 Å². The molecule has 2 aliphatic rings. The molecule has 0 spiro atoms. The quantitative estimate of drug-likeness (QED) is 0.0607. The average molecular weight is 968 g/mol. The standard InChI is InChI=1S/C43H71FIN5O5Si3/c1-42(2,3)55-41(51)49-33-17-18-34(49)24-32(23-33)38-37(45)40(48(28-52-19-21-56(7,8)9)29-53-20-22-57(10,11)12)50-39(47-38)35(26-46-50)30-15-16-31(36(44)25-30)27-54-58(13,14)43(4,5)6/h15-16,25-26,32-34H,17-24,27-29H2,1-14H3. The maximum absolute atomic E-state index is 16.0. The molecule has 58 heavy (non-hydrogen) atoms. The van der Waals surface area contributed by atoms with Crippen LogP contribution in [0.25, 0.3) is 16.8 Å². The van der Waals surface area contributed by atoms with E-state index in [0.29, 0.717) is 43.4 Å². The van der Waals surface area contributed by atoms with E-state index in [4.69, 9.17) is 28.7 Å². The molecule has 2 aromatic heterocycles. The number of hydrogen-bond donors (Lipinski definition) is 0. The van der Waals surface area contributed by atoms with Crippen LogP contribution in [0.2, 0.25) is 69.5 Å². The van der Waals surface area contributed by atoms with E-state index in [1.807, 2.05) is 42.3 Å². The van der Waals surface area contributed by atoms with Crippen molar-refractivity contribution in [2.24, 2.45) is 0 Å². The molecule has 1 aromatic carbocycles. The molecule has 4 heterocycles. The fourth-order valence-corrected chi connectivity index (χ4v) is 10.9. The highest BCUT2D eigenvalue weighted by molar-refractivity contribution is 14.1. The third-order valence-corrected chi connectivity index (χ3v) is 20.8. The molecular formula is C43H71FIN5O5Si3. The minimum atomic E-state index is -2.07. The summed E-state index contributed by atoms with van der Waals surface area (Å²) < 4.78 is 44.0. The first kappa shape index (κ1) is 47.2. The normalized spacial score (nSPS) is 19.3. The molecular weight excluding hydrogens is 897 g/mol. The summed E-state index contributed by atoms with van der Waals surface area (Å²) in [7, 11) is -4.71. The van der Waals surface area contributed by atoms with Crippen LogP contribution in [0.4, 0.5) is 15.0 Å². The van der Waals surface area contributed by atoms with Gasteiger partial charge in [0, 0.05) is 58.5 Å². The highest BCUT2D eigenvalue weighted by Crippen LogP contribution is 2.46. The molecule has 3 aromatic rings. The van der Waals surface area contributed by atoms with Crippen LogP contribution in [0.5, 0.6) is 0 Å². The van der Waals surface area contributed by atoms with E-state index in [0.717, 1.165) is 58.4 Å². The molecule has 0 radical (unpaired) electrons. The average Bonchev–Trinajstić information content (AvgIpc) is 3.62. The topological polar surface area (TPSA) is 90.7 Å². The molecule has 2 atom stereocenters. The first-order valence-electron chi connectivity index (χ1n) is 21.2. The van der Waals surface area contributed by atoms with Crippen molar-refractivity contribution in [2.45, 2.75) is 167 Å². The lowest BCUT2D eigenvalue weighted by atomic mass is 9.88. The molecule has 5 rings (SSSR count). The highest BCUT2D eigenvalue weighted by atomic mass is 127. The van der Waals surface area contributed by atoms with Crippen molar-refractivity contribution >= 4 is 64.6 Å². The van der Waals surface area contributed by atoms with Gasteiger partial charge in [0.05, 0.1) is 22.1 Å². The number of nitrogens with zero attached hydrogens (tertiary/aromatic N) is 5. The van der Waals surface area contributed by atoms with Gasteiger partial charge in [-0.25, -0.2) is 14.2 Å². The second-order valence-electron chi connectivity index (χ2n) is 21.5. The third-order valence-electron chi connectivity index (χ3n) is 11.9. The van der Waals surface area contributed by atoms with Gasteiger partial charge in [-0.2, -0.15) is 9.61 Å². The summed E-state index contributed by atoms with van der Waals surface area (Å²) >= 11 is 2.44. The second-order valence-corrected chi connectivity index (χ2v) is 38.6. The number of ether oxygens (including phenoxy) is 3. The summed E-state index contributed by atoms with van der Waals surface area (Å²) in [5, 5.41) is 4.98. The van der Waals surface area contributed by atoms with Crippen LogP contribution in [0, 0.1) is 9.39 Å². The largest absolute Gasteiger partial charge is 0.444 e. The molecule has 2 saturated heterocycles. The van der Waals surface area contributed by atoms with E-state index < -0.39 is 30.1 Å². The summed E-state index contributed by atoms with van der Waals surface area (Å²) in [6.07, 6.45) is 5.03. The minimum Gasteiger partial charge on any atom is -0.444 e. The van der Waals surface area contributed by atoms with Gasteiger partial charge in [0.15, 0.2) is 19.8 Å². The summed E-state index contributed by atoms with van der Waals surface area (Å²) in [5.74, 6) is 0.652. The SMILES string of the molecule is CC(C)(C)OC(=O)N1C2CCC1CC(c1nc3c(-c4ccc(CO[Si](C)(C)C(C)(C)C)c(F)c4)cnn3c(N(COCC[Si](C)(C)C)COCC[Si](C)(C)C)c1I)C2. The van der Waals surface area contributed by atoms with Crippen molar-refractivity contribution in [3.63, 3.8) is 0 Å². The molecule has 2 unspecified atom stereocenters. The Bertz CT molecular complexity index is 1870. The zero-order valence-corrected chi connectivity index (χ0v) is 43.0. The number of anilines is 1. The predicted molar refractivity (Wildman–Crippen MR) is 250 cm³/mol. The van der Waals surface area contributed by atoms with Gasteiger partial charge in [0.2, 0.25) is 0 Å². The number of fused-ring (bicyclic) bond motifs is 3. The maximum atomic E-state index is 16.0. The van der Waals surface area contributed by atoms with E-state index in [1.165, 1.54) is 0 Å². The van der Waals surface area contributed by atoms with Gasteiger partial charge >= 0.3 is 6.09 Å². The molecule has 0 N–H and O–H groups in total. The van der Waals surface area contributed by atoms with Crippen molar-refractivity contribution < 1.29 is 27.8 Å². The first-order chi connectivity index (χ1) is 26.7. The number of halogens is 2. The Labute approximate surface area is 364 Å². The molecule has 2 fully saturated rings. The van der Waals surface area contributed by atoms with Gasteiger partial charge in [-0.3, -0.25) is 0 Å². The number of carbonyl (C=O) groups is 1. The number of benzene rings is 1. The number of rotatable bonds is 16.